The summed E-state index contributed by atoms with van der Waals surface area (Å²) in [5.41, 5.74) is 1.92. The number of hydrogen-bond donors (Lipinski definition) is 1. The molecule has 2 aromatic rings. The molecule has 1 aromatic carbocycles. The molecule has 1 saturated carbocycles. The molecule has 5 heteroatoms. The van der Waals surface area contributed by atoms with E-state index in [-0.39, 0.29) is 23.9 Å². The molecule has 1 N–H and O–H groups in total. The molecular weight excluding hydrogens is 376 g/mol. The Morgan fingerprint density at radius 2 is 2.03 bits per heavy atom. The lowest BCUT2D eigenvalue weighted by molar-refractivity contribution is -0.160. The van der Waals surface area contributed by atoms with Gasteiger partial charge in [0.05, 0.1) is 17.3 Å². The second kappa shape index (κ2) is 7.70. The normalized spacial score (nSPS) is 33.2. The Morgan fingerprint density at radius 1 is 1.23 bits per heavy atom. The molecule has 0 spiro atoms. The number of fused-ring (bicyclic) bond motifs is 1. The van der Waals surface area contributed by atoms with Crippen LogP contribution in [-0.2, 0) is 9.53 Å². The summed E-state index contributed by atoms with van der Waals surface area (Å²) in [5, 5.41) is 20.1. The van der Waals surface area contributed by atoms with Gasteiger partial charge in [0, 0.05) is 17.7 Å². The molecule has 0 bridgehead atoms. The van der Waals surface area contributed by atoms with Crippen LogP contribution in [0.2, 0.25) is 0 Å². The van der Waals surface area contributed by atoms with Crippen LogP contribution in [0.25, 0.3) is 17.2 Å². The predicted molar refractivity (Wildman–Crippen MR) is 114 cm³/mol. The lowest BCUT2D eigenvalue weighted by Gasteiger charge is -2.44. The molecule has 1 aliphatic heterocycles. The molecule has 154 valence electrons. The van der Waals surface area contributed by atoms with Gasteiger partial charge in [-0.25, -0.2) is 4.79 Å². The molecule has 2 heterocycles. The van der Waals surface area contributed by atoms with Crippen LogP contribution >= 0.6 is 0 Å². The van der Waals surface area contributed by atoms with Crippen molar-refractivity contribution >= 4 is 12.0 Å². The maximum Gasteiger partial charge on any atom is 0.338 e. The van der Waals surface area contributed by atoms with E-state index in [4.69, 9.17) is 10.00 Å². The average Bonchev–Trinajstić information content (AvgIpc) is 2.97. The van der Waals surface area contributed by atoms with Crippen LogP contribution in [0.4, 0.5) is 0 Å². The molecular formula is C25H26N2O3. The van der Waals surface area contributed by atoms with Crippen molar-refractivity contribution in [1.29, 1.82) is 5.26 Å². The summed E-state index contributed by atoms with van der Waals surface area (Å²) in [4.78, 5) is 16.8. The van der Waals surface area contributed by atoms with Gasteiger partial charge in [-0.1, -0.05) is 38.1 Å². The molecule has 0 radical (unpaired) electrons. The van der Waals surface area contributed by atoms with Crippen molar-refractivity contribution in [2.75, 3.05) is 0 Å². The van der Waals surface area contributed by atoms with E-state index in [1.807, 2.05) is 43.3 Å². The number of aromatic nitrogens is 1. The first kappa shape index (κ1) is 20.3. The summed E-state index contributed by atoms with van der Waals surface area (Å²) in [7, 11) is 0. The monoisotopic (exact) mass is 402 g/mol. The minimum Gasteiger partial charge on any atom is -0.460 e. The first-order chi connectivity index (χ1) is 14.3. The van der Waals surface area contributed by atoms with E-state index in [0.717, 1.165) is 16.8 Å². The van der Waals surface area contributed by atoms with Gasteiger partial charge in [-0.2, -0.15) is 5.26 Å². The number of cyclic esters (lactones) is 1. The molecule has 4 rings (SSSR count). The number of nitriles is 1. The topological polar surface area (TPSA) is 83.2 Å². The Labute approximate surface area is 177 Å². The summed E-state index contributed by atoms with van der Waals surface area (Å²) in [6.45, 7) is 6.12. The van der Waals surface area contributed by atoms with Crippen LogP contribution in [0.3, 0.4) is 0 Å². The zero-order valence-electron chi connectivity index (χ0n) is 17.4. The van der Waals surface area contributed by atoms with Gasteiger partial charge in [-0.15, -0.1) is 0 Å². The summed E-state index contributed by atoms with van der Waals surface area (Å²) >= 11 is 0. The lowest BCUT2D eigenvalue weighted by Crippen LogP contribution is -2.52. The standard InChI is InChI=1S/C25H26N2O3/c1-15-12-25(29)23(17(3)30-24(25)28)22(16(15)2)10-9-21-8-7-20(14-27-21)19-6-4-5-18(11-19)13-26/h4-11,14-17,22-23,29H,12H2,1-3H3/b10-9+/t15?,16?,17-,22?,23?,25+/m1/s1. The molecule has 2 fully saturated rings. The number of nitrogens with zero attached hydrogens (tertiary/aromatic N) is 2. The molecule has 5 nitrogen and oxygen atoms in total. The Hall–Kier alpha value is -2.97. The van der Waals surface area contributed by atoms with Crippen molar-refractivity contribution in [3.63, 3.8) is 0 Å². The van der Waals surface area contributed by atoms with Gasteiger partial charge in [0.1, 0.15) is 6.10 Å². The van der Waals surface area contributed by atoms with Crippen LogP contribution in [0.1, 0.15) is 38.4 Å². The van der Waals surface area contributed by atoms with Gasteiger partial charge in [0.15, 0.2) is 5.60 Å². The second-order valence-corrected chi connectivity index (χ2v) is 8.70. The largest absolute Gasteiger partial charge is 0.460 e. The molecule has 30 heavy (non-hydrogen) atoms. The van der Waals surface area contributed by atoms with Gasteiger partial charge >= 0.3 is 5.97 Å². The van der Waals surface area contributed by atoms with Crippen molar-refractivity contribution in [2.45, 2.75) is 38.9 Å². The second-order valence-electron chi connectivity index (χ2n) is 8.70. The van der Waals surface area contributed by atoms with Crippen LogP contribution in [-0.4, -0.2) is 27.8 Å². The first-order valence-corrected chi connectivity index (χ1v) is 10.4. The van der Waals surface area contributed by atoms with E-state index >= 15 is 0 Å². The number of benzene rings is 1. The zero-order valence-corrected chi connectivity index (χ0v) is 17.4. The lowest BCUT2D eigenvalue weighted by atomic mass is 9.60. The van der Waals surface area contributed by atoms with E-state index in [1.54, 1.807) is 12.3 Å². The molecule has 6 atom stereocenters. The Balaban J connectivity index is 1.58. The van der Waals surface area contributed by atoms with Crippen molar-refractivity contribution in [2.24, 2.45) is 23.7 Å². The number of esters is 1. The minimum atomic E-state index is -1.40. The smallest absolute Gasteiger partial charge is 0.338 e. The molecule has 1 saturated heterocycles. The third kappa shape index (κ3) is 3.42. The Kier molecular flexibility index (Phi) is 5.21. The highest BCUT2D eigenvalue weighted by Gasteiger charge is 2.61. The quantitative estimate of drug-likeness (QED) is 0.777. The van der Waals surface area contributed by atoms with E-state index in [2.05, 4.69) is 31.0 Å². The van der Waals surface area contributed by atoms with Gasteiger partial charge in [-0.05, 0) is 60.9 Å². The third-order valence-electron chi connectivity index (χ3n) is 6.86. The van der Waals surface area contributed by atoms with Gasteiger partial charge in [-0.3, -0.25) is 4.98 Å². The van der Waals surface area contributed by atoms with Crippen LogP contribution < -0.4 is 0 Å². The zero-order chi connectivity index (χ0) is 21.5. The number of pyridine rings is 1. The SMILES string of the molecule is CC1C[C@@]2(O)C(=O)O[C@H](C)C2C(/C=C/c2ccc(-c3cccc(C#N)c3)cn2)C1C. The first-order valence-electron chi connectivity index (χ1n) is 10.4. The number of ether oxygens (including phenoxy) is 1. The maximum absolute atomic E-state index is 12.3. The fourth-order valence-corrected chi connectivity index (χ4v) is 5.05. The maximum atomic E-state index is 12.3. The number of rotatable bonds is 3. The average molecular weight is 402 g/mol. The fraction of sp³-hybridized carbons (Fsp3) is 0.400. The van der Waals surface area contributed by atoms with E-state index < -0.39 is 11.6 Å². The van der Waals surface area contributed by atoms with Crippen molar-refractivity contribution < 1.29 is 14.6 Å². The molecule has 2 aliphatic rings. The molecule has 1 aromatic heterocycles. The summed E-state index contributed by atoms with van der Waals surface area (Å²) in [5.74, 6) is -0.188. The number of carbonyl (C=O) groups is 1. The minimum absolute atomic E-state index is 0.0222. The number of allylic oxidation sites excluding steroid dienone is 1. The number of aliphatic hydroxyl groups is 1. The summed E-state index contributed by atoms with van der Waals surface area (Å²) in [6.07, 6.45) is 5.97. The molecule has 0 amide bonds. The highest BCUT2D eigenvalue weighted by Crippen LogP contribution is 2.51. The van der Waals surface area contributed by atoms with Gasteiger partial charge < -0.3 is 9.84 Å². The molecule has 4 unspecified atom stereocenters. The van der Waals surface area contributed by atoms with Crippen LogP contribution in [0, 0.1) is 35.0 Å². The van der Waals surface area contributed by atoms with Gasteiger partial charge in [0.25, 0.3) is 0 Å². The van der Waals surface area contributed by atoms with Crippen LogP contribution in [0.5, 0.6) is 0 Å². The fourth-order valence-electron chi connectivity index (χ4n) is 5.05. The van der Waals surface area contributed by atoms with E-state index in [9.17, 15) is 9.90 Å². The van der Waals surface area contributed by atoms with Crippen molar-refractivity contribution in [1.82, 2.24) is 4.98 Å². The molecule has 1 aliphatic carbocycles. The Bertz CT molecular complexity index is 1020. The highest BCUT2D eigenvalue weighted by atomic mass is 16.6. The van der Waals surface area contributed by atoms with Crippen molar-refractivity contribution in [3.8, 4) is 17.2 Å². The number of carbonyl (C=O) groups excluding carboxylic acids is 1. The van der Waals surface area contributed by atoms with Gasteiger partial charge in [0.2, 0.25) is 0 Å². The summed E-state index contributed by atoms with van der Waals surface area (Å²) in [6, 6.07) is 13.5. The predicted octanol–water partition coefficient (Wildman–Crippen LogP) is 4.22. The number of hydrogen-bond acceptors (Lipinski definition) is 5. The van der Waals surface area contributed by atoms with E-state index in [1.165, 1.54) is 0 Å². The van der Waals surface area contributed by atoms with Crippen LogP contribution in [0.15, 0.2) is 48.7 Å². The van der Waals surface area contributed by atoms with E-state index in [0.29, 0.717) is 17.9 Å². The summed E-state index contributed by atoms with van der Waals surface area (Å²) < 4.78 is 5.41. The Morgan fingerprint density at radius 3 is 2.73 bits per heavy atom. The highest BCUT2D eigenvalue weighted by molar-refractivity contribution is 5.82. The van der Waals surface area contributed by atoms with Crippen molar-refractivity contribution in [3.05, 3.63) is 59.9 Å². The third-order valence-corrected chi connectivity index (χ3v) is 6.86.